The van der Waals surface area contributed by atoms with Crippen molar-refractivity contribution in [2.45, 2.75) is 12.5 Å². The summed E-state index contributed by atoms with van der Waals surface area (Å²) in [7, 11) is 2.75. The number of fused-ring (bicyclic) bond motifs is 4. The SMILES string of the molecule is CN1C(=O)N(C)C(=O)C2(Cc3cc([N+](=O)[O-])ccc3N3CCSCC32)C1=O. The molecule has 4 amide bonds. The molecule has 2 fully saturated rings. The molecule has 0 aliphatic carbocycles. The van der Waals surface area contributed by atoms with E-state index in [-0.39, 0.29) is 12.1 Å². The molecule has 1 aromatic rings. The van der Waals surface area contributed by atoms with Gasteiger partial charge in [0.1, 0.15) is 0 Å². The fourth-order valence-corrected chi connectivity index (χ4v) is 5.53. The molecule has 0 saturated carbocycles. The molecule has 142 valence electrons. The highest BCUT2D eigenvalue weighted by Gasteiger charge is 2.63. The number of barbiturate groups is 1. The van der Waals surface area contributed by atoms with Crippen LogP contribution in [-0.2, 0) is 16.0 Å². The standard InChI is InChI=1S/C17H18N4O5S/c1-18-14(22)17(15(23)19(2)16(18)24)8-10-7-11(21(25)26)3-4-12(10)20-5-6-27-9-13(17)20/h3-4,7,13H,5-6,8-9H2,1-2H3. The fourth-order valence-electron chi connectivity index (χ4n) is 4.35. The molecular weight excluding hydrogens is 372 g/mol. The van der Waals surface area contributed by atoms with Crippen LogP contribution in [0.4, 0.5) is 16.2 Å². The number of urea groups is 1. The van der Waals surface area contributed by atoms with Crippen LogP contribution in [0, 0.1) is 15.5 Å². The Hall–Kier alpha value is -2.62. The molecule has 1 atom stereocenters. The lowest BCUT2D eigenvalue weighted by Gasteiger charge is -2.54. The van der Waals surface area contributed by atoms with Gasteiger partial charge in [-0.1, -0.05) is 0 Å². The van der Waals surface area contributed by atoms with Crippen molar-refractivity contribution in [1.82, 2.24) is 9.80 Å². The van der Waals surface area contributed by atoms with Crippen molar-refractivity contribution in [2.24, 2.45) is 5.41 Å². The largest absolute Gasteiger partial charge is 0.365 e. The van der Waals surface area contributed by atoms with E-state index >= 15 is 0 Å². The maximum absolute atomic E-state index is 13.2. The minimum absolute atomic E-state index is 0.0470. The van der Waals surface area contributed by atoms with E-state index in [1.807, 2.05) is 4.90 Å². The van der Waals surface area contributed by atoms with E-state index in [0.717, 1.165) is 21.2 Å². The van der Waals surface area contributed by atoms with Crippen LogP contribution >= 0.6 is 11.8 Å². The number of imide groups is 2. The first-order chi connectivity index (χ1) is 12.8. The van der Waals surface area contributed by atoms with Crippen molar-refractivity contribution in [1.29, 1.82) is 0 Å². The summed E-state index contributed by atoms with van der Waals surface area (Å²) in [4.78, 5) is 53.4. The number of thioether (sulfide) groups is 1. The molecule has 3 aliphatic heterocycles. The normalized spacial score (nSPS) is 24.1. The van der Waals surface area contributed by atoms with E-state index < -0.39 is 34.2 Å². The van der Waals surface area contributed by atoms with E-state index in [1.165, 1.54) is 26.2 Å². The van der Waals surface area contributed by atoms with E-state index in [2.05, 4.69) is 0 Å². The number of rotatable bonds is 1. The first kappa shape index (κ1) is 17.8. The molecule has 1 spiro atoms. The maximum Gasteiger partial charge on any atom is 0.332 e. The summed E-state index contributed by atoms with van der Waals surface area (Å²) in [5.41, 5.74) is -0.126. The lowest BCUT2D eigenvalue weighted by molar-refractivity contribution is -0.384. The summed E-state index contributed by atoms with van der Waals surface area (Å²) >= 11 is 1.66. The van der Waals surface area contributed by atoms with Crippen molar-refractivity contribution in [3.05, 3.63) is 33.9 Å². The molecular formula is C17H18N4O5S. The number of hydrogen-bond acceptors (Lipinski definition) is 7. The van der Waals surface area contributed by atoms with Gasteiger partial charge in [0.2, 0.25) is 11.8 Å². The van der Waals surface area contributed by atoms with Gasteiger partial charge >= 0.3 is 6.03 Å². The van der Waals surface area contributed by atoms with Gasteiger partial charge in [-0.15, -0.1) is 0 Å². The molecule has 2 saturated heterocycles. The summed E-state index contributed by atoms with van der Waals surface area (Å²) in [6.07, 6.45) is 0.0470. The second-order valence-corrected chi connectivity index (χ2v) is 8.16. The van der Waals surface area contributed by atoms with Gasteiger partial charge in [-0.3, -0.25) is 29.5 Å². The van der Waals surface area contributed by atoms with Crippen LogP contribution in [-0.4, -0.2) is 70.8 Å². The van der Waals surface area contributed by atoms with E-state index in [1.54, 1.807) is 17.8 Å². The van der Waals surface area contributed by atoms with E-state index in [9.17, 15) is 24.5 Å². The van der Waals surface area contributed by atoms with Gasteiger partial charge in [0.25, 0.3) is 5.69 Å². The topological polar surface area (TPSA) is 104 Å². The summed E-state index contributed by atoms with van der Waals surface area (Å²) in [5.74, 6) is 0.329. The van der Waals surface area contributed by atoms with Crippen molar-refractivity contribution in [3.8, 4) is 0 Å². The Morgan fingerprint density at radius 3 is 2.48 bits per heavy atom. The Morgan fingerprint density at radius 1 is 1.19 bits per heavy atom. The number of nitro benzene ring substituents is 1. The van der Waals surface area contributed by atoms with Gasteiger partial charge in [-0.2, -0.15) is 11.8 Å². The molecule has 4 rings (SSSR count). The predicted octanol–water partition coefficient (Wildman–Crippen LogP) is 1.11. The molecule has 0 radical (unpaired) electrons. The second-order valence-electron chi connectivity index (χ2n) is 7.01. The van der Waals surface area contributed by atoms with Crippen LogP contribution in [0.3, 0.4) is 0 Å². The third-order valence-corrected chi connectivity index (χ3v) is 6.72. The third-order valence-electron chi connectivity index (χ3n) is 5.70. The summed E-state index contributed by atoms with van der Waals surface area (Å²) in [6.45, 7) is 0.629. The van der Waals surface area contributed by atoms with Crippen LogP contribution in [0.5, 0.6) is 0 Å². The van der Waals surface area contributed by atoms with Crippen LogP contribution in [0.2, 0.25) is 0 Å². The number of nitrogens with zero attached hydrogens (tertiary/aromatic N) is 4. The van der Waals surface area contributed by atoms with Crippen molar-refractivity contribution in [3.63, 3.8) is 0 Å². The van der Waals surface area contributed by atoms with Crippen molar-refractivity contribution < 1.29 is 19.3 Å². The Balaban J connectivity index is 1.92. The minimum atomic E-state index is -1.45. The van der Waals surface area contributed by atoms with E-state index in [0.29, 0.717) is 17.9 Å². The average molecular weight is 390 g/mol. The number of carbonyl (C=O) groups excluding carboxylic acids is 3. The van der Waals surface area contributed by atoms with Crippen molar-refractivity contribution >= 4 is 41.0 Å². The summed E-state index contributed by atoms with van der Waals surface area (Å²) < 4.78 is 0. The Morgan fingerprint density at radius 2 is 1.85 bits per heavy atom. The number of carbonyl (C=O) groups is 3. The van der Waals surface area contributed by atoms with Gasteiger partial charge in [0.15, 0.2) is 5.41 Å². The van der Waals surface area contributed by atoms with Crippen molar-refractivity contribution in [2.75, 3.05) is 37.0 Å². The zero-order chi connectivity index (χ0) is 19.5. The smallest absolute Gasteiger partial charge is 0.332 e. The van der Waals surface area contributed by atoms with Gasteiger partial charge in [0, 0.05) is 56.4 Å². The van der Waals surface area contributed by atoms with Crippen LogP contribution in [0.15, 0.2) is 18.2 Å². The Labute approximate surface area is 159 Å². The molecule has 3 aliphatic rings. The lowest BCUT2D eigenvalue weighted by Crippen LogP contribution is -2.72. The zero-order valence-electron chi connectivity index (χ0n) is 14.9. The maximum atomic E-state index is 13.2. The quantitative estimate of drug-likeness (QED) is 0.402. The van der Waals surface area contributed by atoms with Crippen LogP contribution in [0.1, 0.15) is 5.56 Å². The molecule has 1 aromatic carbocycles. The molecule has 3 heterocycles. The third kappa shape index (κ3) is 2.29. The highest BCUT2D eigenvalue weighted by Crippen LogP contribution is 2.48. The first-order valence-corrected chi connectivity index (χ1v) is 9.66. The first-order valence-electron chi connectivity index (χ1n) is 8.51. The molecule has 10 heteroatoms. The highest BCUT2D eigenvalue weighted by atomic mass is 32.2. The number of nitro groups is 1. The molecule has 0 aromatic heterocycles. The minimum Gasteiger partial charge on any atom is -0.365 e. The fraction of sp³-hybridized carbons (Fsp3) is 0.471. The molecule has 1 unspecified atom stereocenters. The number of hydrogen-bond donors (Lipinski definition) is 0. The van der Waals surface area contributed by atoms with Crippen LogP contribution < -0.4 is 4.90 Å². The summed E-state index contributed by atoms with van der Waals surface area (Å²) in [5, 5.41) is 11.2. The number of amides is 4. The van der Waals surface area contributed by atoms with Gasteiger partial charge in [-0.05, 0) is 11.6 Å². The van der Waals surface area contributed by atoms with Gasteiger partial charge in [-0.25, -0.2) is 4.79 Å². The Bertz CT molecular complexity index is 864. The number of non-ortho nitro benzene ring substituents is 1. The Kier molecular flexibility index (Phi) is 3.91. The molecule has 9 nitrogen and oxygen atoms in total. The summed E-state index contributed by atoms with van der Waals surface area (Å²) in [6, 6.07) is 3.52. The monoisotopic (exact) mass is 390 g/mol. The zero-order valence-corrected chi connectivity index (χ0v) is 15.7. The van der Waals surface area contributed by atoms with Gasteiger partial charge < -0.3 is 4.90 Å². The number of benzene rings is 1. The molecule has 27 heavy (non-hydrogen) atoms. The van der Waals surface area contributed by atoms with E-state index in [4.69, 9.17) is 0 Å². The predicted molar refractivity (Wildman–Crippen MR) is 98.6 cm³/mol. The lowest BCUT2D eigenvalue weighted by atomic mass is 9.68. The molecule has 0 N–H and O–H groups in total. The van der Waals surface area contributed by atoms with Crippen LogP contribution in [0.25, 0.3) is 0 Å². The second kappa shape index (κ2) is 5.95. The molecule has 0 bridgehead atoms. The highest BCUT2D eigenvalue weighted by molar-refractivity contribution is 7.99. The number of anilines is 1. The van der Waals surface area contributed by atoms with Gasteiger partial charge in [0.05, 0.1) is 11.0 Å². The average Bonchev–Trinajstić information content (AvgIpc) is 2.68.